The molecule has 1 atom stereocenters. The van der Waals surface area contributed by atoms with Crippen molar-refractivity contribution in [2.45, 2.75) is 31.9 Å². The van der Waals surface area contributed by atoms with Gasteiger partial charge in [0.05, 0.1) is 10.3 Å². The van der Waals surface area contributed by atoms with Crippen LogP contribution in [0.5, 0.6) is 5.75 Å². The smallest absolute Gasteiger partial charge is 0.311 e. The number of hydrogen-bond acceptors (Lipinski definition) is 4. The molecule has 2 aliphatic heterocycles. The summed E-state index contributed by atoms with van der Waals surface area (Å²) in [5.74, 6) is 0.342. The summed E-state index contributed by atoms with van der Waals surface area (Å²) in [6, 6.07) is 13.3. The summed E-state index contributed by atoms with van der Waals surface area (Å²) in [6.07, 6.45) is 3.99. The van der Waals surface area contributed by atoms with Crippen molar-refractivity contribution < 1.29 is 9.66 Å². The number of likely N-dealkylation sites (N-methyl/N-ethyl adjacent to an activating group) is 1. The highest BCUT2D eigenvalue weighted by molar-refractivity contribution is 5.74. The second kappa shape index (κ2) is 5.09. The standard InChI is InChI=1S/C20H20N2O3/c1-4-21-16-10-6-5-9-15(16)19(2,3)20(21)13-12-14-8-7-11-17(22(23)24)18(14)25-20/h5-13H,4H2,1-3H3. The Balaban J connectivity index is 1.94. The zero-order chi connectivity index (χ0) is 17.8. The first-order chi connectivity index (χ1) is 11.9. The minimum absolute atomic E-state index is 0.00374. The molecular weight excluding hydrogens is 316 g/mol. The summed E-state index contributed by atoms with van der Waals surface area (Å²) in [5.41, 5.74) is 1.89. The van der Waals surface area contributed by atoms with Crippen LogP contribution < -0.4 is 9.64 Å². The molecule has 4 rings (SSSR count). The Kier molecular flexibility index (Phi) is 3.19. The molecule has 5 nitrogen and oxygen atoms in total. The number of rotatable bonds is 2. The molecule has 25 heavy (non-hydrogen) atoms. The van der Waals surface area contributed by atoms with Crippen LogP contribution in [-0.4, -0.2) is 17.2 Å². The average molecular weight is 336 g/mol. The highest BCUT2D eigenvalue weighted by Gasteiger charge is 2.58. The summed E-state index contributed by atoms with van der Waals surface area (Å²) in [5, 5.41) is 11.5. The van der Waals surface area contributed by atoms with E-state index in [2.05, 4.69) is 37.8 Å². The molecule has 0 amide bonds. The van der Waals surface area contributed by atoms with E-state index in [-0.39, 0.29) is 16.0 Å². The van der Waals surface area contributed by atoms with Gasteiger partial charge in [-0.25, -0.2) is 0 Å². The normalized spacial score (nSPS) is 22.4. The first kappa shape index (κ1) is 15.7. The molecule has 0 aliphatic carbocycles. The number of nitro groups is 1. The molecule has 0 bridgehead atoms. The Labute approximate surface area is 146 Å². The van der Waals surface area contributed by atoms with Crippen molar-refractivity contribution in [1.82, 2.24) is 0 Å². The Hall–Kier alpha value is -2.82. The molecule has 0 saturated carbocycles. The number of nitrogens with zero attached hydrogens (tertiary/aromatic N) is 2. The van der Waals surface area contributed by atoms with Crippen molar-refractivity contribution in [3.63, 3.8) is 0 Å². The molecule has 0 N–H and O–H groups in total. The van der Waals surface area contributed by atoms with Crippen LogP contribution in [0, 0.1) is 10.1 Å². The maximum atomic E-state index is 11.5. The molecule has 0 aromatic heterocycles. The van der Waals surface area contributed by atoms with Gasteiger partial charge in [0.1, 0.15) is 0 Å². The van der Waals surface area contributed by atoms with E-state index in [1.807, 2.05) is 30.4 Å². The number of ether oxygens (including phenoxy) is 1. The Morgan fingerprint density at radius 3 is 2.64 bits per heavy atom. The third kappa shape index (κ3) is 1.89. The van der Waals surface area contributed by atoms with Gasteiger partial charge in [-0.05, 0) is 44.6 Å². The van der Waals surface area contributed by atoms with Crippen LogP contribution in [0.25, 0.3) is 6.08 Å². The summed E-state index contributed by atoms with van der Waals surface area (Å²) in [6.45, 7) is 7.07. The fraction of sp³-hybridized carbons (Fsp3) is 0.300. The zero-order valence-corrected chi connectivity index (χ0v) is 14.5. The van der Waals surface area contributed by atoms with Gasteiger partial charge >= 0.3 is 5.69 Å². The molecular formula is C20H20N2O3. The molecule has 5 heteroatoms. The second-order valence-electron chi connectivity index (χ2n) is 6.97. The van der Waals surface area contributed by atoms with Gasteiger partial charge < -0.3 is 9.64 Å². The van der Waals surface area contributed by atoms with E-state index < -0.39 is 5.72 Å². The van der Waals surface area contributed by atoms with Crippen molar-refractivity contribution >= 4 is 17.5 Å². The number of fused-ring (bicyclic) bond motifs is 2. The summed E-state index contributed by atoms with van der Waals surface area (Å²) in [4.78, 5) is 13.3. The zero-order valence-electron chi connectivity index (χ0n) is 14.5. The third-order valence-corrected chi connectivity index (χ3v) is 5.45. The fourth-order valence-corrected chi connectivity index (χ4v) is 4.15. The Bertz CT molecular complexity index is 904. The van der Waals surface area contributed by atoms with Gasteiger partial charge in [-0.1, -0.05) is 30.3 Å². The minimum atomic E-state index is -0.787. The van der Waals surface area contributed by atoms with E-state index in [9.17, 15) is 10.1 Å². The molecule has 2 aliphatic rings. The maximum absolute atomic E-state index is 11.5. The lowest BCUT2D eigenvalue weighted by Gasteiger charge is -2.46. The topological polar surface area (TPSA) is 55.6 Å². The largest absolute Gasteiger partial charge is 0.456 e. The third-order valence-electron chi connectivity index (χ3n) is 5.45. The molecule has 0 radical (unpaired) electrons. The lowest BCUT2D eigenvalue weighted by molar-refractivity contribution is -0.386. The van der Waals surface area contributed by atoms with Crippen LogP contribution >= 0.6 is 0 Å². The van der Waals surface area contributed by atoms with Crippen molar-refractivity contribution in [2.24, 2.45) is 0 Å². The highest BCUT2D eigenvalue weighted by Crippen LogP contribution is 2.55. The summed E-state index contributed by atoms with van der Waals surface area (Å²) in [7, 11) is 0. The van der Waals surface area contributed by atoms with Gasteiger partial charge in [0.2, 0.25) is 11.5 Å². The Morgan fingerprint density at radius 2 is 1.92 bits per heavy atom. The van der Waals surface area contributed by atoms with Crippen LogP contribution in [0.2, 0.25) is 0 Å². The average Bonchev–Trinajstić information content (AvgIpc) is 2.78. The van der Waals surface area contributed by atoms with E-state index in [1.54, 1.807) is 6.07 Å². The lowest BCUT2D eigenvalue weighted by atomic mass is 9.76. The van der Waals surface area contributed by atoms with Gasteiger partial charge in [0, 0.05) is 23.9 Å². The van der Waals surface area contributed by atoms with Crippen LogP contribution in [0.3, 0.4) is 0 Å². The van der Waals surface area contributed by atoms with Gasteiger partial charge in [0.15, 0.2) is 0 Å². The van der Waals surface area contributed by atoms with E-state index in [0.717, 1.165) is 17.8 Å². The number of para-hydroxylation sites is 2. The van der Waals surface area contributed by atoms with E-state index in [4.69, 9.17) is 4.74 Å². The first-order valence-electron chi connectivity index (χ1n) is 8.45. The molecule has 128 valence electrons. The molecule has 0 saturated heterocycles. The predicted molar refractivity (Wildman–Crippen MR) is 98.0 cm³/mol. The lowest BCUT2D eigenvalue weighted by Crippen LogP contribution is -2.59. The van der Waals surface area contributed by atoms with E-state index in [0.29, 0.717) is 5.75 Å². The first-order valence-corrected chi connectivity index (χ1v) is 8.45. The van der Waals surface area contributed by atoms with E-state index >= 15 is 0 Å². The number of anilines is 1. The molecule has 2 aromatic rings. The van der Waals surface area contributed by atoms with Crippen molar-refractivity contribution in [3.05, 3.63) is 69.8 Å². The molecule has 1 unspecified atom stereocenters. The van der Waals surface area contributed by atoms with Gasteiger partial charge in [-0.15, -0.1) is 0 Å². The predicted octanol–water partition coefficient (Wildman–Crippen LogP) is 4.51. The number of nitro benzene ring substituents is 1. The van der Waals surface area contributed by atoms with Crippen LogP contribution in [0.15, 0.2) is 48.5 Å². The van der Waals surface area contributed by atoms with Gasteiger partial charge in [0.25, 0.3) is 0 Å². The van der Waals surface area contributed by atoms with Crippen LogP contribution in [-0.2, 0) is 5.41 Å². The fourth-order valence-electron chi connectivity index (χ4n) is 4.15. The van der Waals surface area contributed by atoms with Gasteiger partial charge in [-0.3, -0.25) is 10.1 Å². The maximum Gasteiger partial charge on any atom is 0.311 e. The SMILES string of the molecule is CCN1c2ccccc2C(C)(C)C12C=Cc1cccc([N+](=O)[O-])c1O2. The molecule has 2 aromatic carbocycles. The van der Waals surface area contributed by atoms with Crippen LogP contribution in [0.1, 0.15) is 31.9 Å². The quantitative estimate of drug-likeness (QED) is 0.598. The molecule has 0 fully saturated rings. The summed E-state index contributed by atoms with van der Waals surface area (Å²) >= 11 is 0. The van der Waals surface area contributed by atoms with Crippen molar-refractivity contribution in [1.29, 1.82) is 0 Å². The monoisotopic (exact) mass is 336 g/mol. The minimum Gasteiger partial charge on any atom is -0.456 e. The molecule has 1 spiro atoms. The summed E-state index contributed by atoms with van der Waals surface area (Å²) < 4.78 is 6.47. The van der Waals surface area contributed by atoms with Crippen molar-refractivity contribution in [3.8, 4) is 5.75 Å². The van der Waals surface area contributed by atoms with Crippen molar-refractivity contribution in [2.75, 3.05) is 11.4 Å². The second-order valence-corrected chi connectivity index (χ2v) is 6.97. The Morgan fingerprint density at radius 1 is 1.16 bits per heavy atom. The number of hydrogen-bond donors (Lipinski definition) is 0. The highest BCUT2D eigenvalue weighted by atomic mass is 16.6. The number of benzene rings is 2. The van der Waals surface area contributed by atoms with Gasteiger partial charge in [-0.2, -0.15) is 0 Å². The molecule has 2 heterocycles. The van der Waals surface area contributed by atoms with Crippen LogP contribution in [0.4, 0.5) is 11.4 Å². The van der Waals surface area contributed by atoms with E-state index in [1.165, 1.54) is 11.6 Å².